The van der Waals surface area contributed by atoms with Crippen molar-refractivity contribution in [1.82, 2.24) is 10.3 Å². The van der Waals surface area contributed by atoms with Gasteiger partial charge in [0.25, 0.3) is 0 Å². The van der Waals surface area contributed by atoms with Gasteiger partial charge in [-0.1, -0.05) is 0 Å². The zero-order chi connectivity index (χ0) is 20.4. The van der Waals surface area contributed by atoms with Crippen LogP contribution in [0.1, 0.15) is 30.7 Å². The molecule has 0 aliphatic rings. The minimum absolute atomic E-state index is 0.135. The molecular weight excluding hydrogens is 374 g/mol. The molecule has 2 N–H and O–H groups in total. The topological polar surface area (TPSA) is 58.0 Å². The molecule has 0 radical (unpaired) electrons. The molecule has 0 aliphatic carbocycles. The number of aromatic amines is 1. The molecule has 4 nitrogen and oxygen atoms in total. The average Bonchev–Trinajstić information content (AvgIpc) is 3.35. The first-order valence-electron chi connectivity index (χ1n) is 9.40. The van der Waals surface area contributed by atoms with Crippen molar-refractivity contribution in [3.8, 4) is 11.3 Å². The van der Waals surface area contributed by atoms with Crippen LogP contribution in [0.5, 0.6) is 0 Å². The van der Waals surface area contributed by atoms with Gasteiger partial charge in [0.05, 0.1) is 12.3 Å². The highest BCUT2D eigenvalue weighted by atomic mass is 19.1. The summed E-state index contributed by atoms with van der Waals surface area (Å²) in [6, 6.07) is 13.9. The van der Waals surface area contributed by atoms with Gasteiger partial charge < -0.3 is 14.7 Å². The number of aromatic nitrogens is 1. The van der Waals surface area contributed by atoms with Crippen molar-refractivity contribution in [2.24, 2.45) is 0 Å². The normalized spacial score (nSPS) is 12.2. The number of rotatable bonds is 6. The van der Waals surface area contributed by atoms with Gasteiger partial charge in [0, 0.05) is 23.0 Å². The fourth-order valence-corrected chi connectivity index (χ4v) is 3.50. The van der Waals surface area contributed by atoms with Gasteiger partial charge in [0.1, 0.15) is 17.4 Å². The number of nitrogens with one attached hydrogen (secondary N) is 2. The van der Waals surface area contributed by atoms with Crippen molar-refractivity contribution in [2.75, 3.05) is 0 Å². The molecular formula is C23H20F2N2O2. The second kappa shape index (κ2) is 7.91. The summed E-state index contributed by atoms with van der Waals surface area (Å²) >= 11 is 0. The molecule has 0 saturated heterocycles. The van der Waals surface area contributed by atoms with E-state index in [0.717, 1.165) is 27.7 Å². The van der Waals surface area contributed by atoms with E-state index in [0.29, 0.717) is 12.2 Å². The Morgan fingerprint density at radius 2 is 1.86 bits per heavy atom. The van der Waals surface area contributed by atoms with Crippen LogP contribution in [0, 0.1) is 11.6 Å². The molecule has 0 unspecified atom stereocenters. The van der Waals surface area contributed by atoms with Crippen LogP contribution in [-0.4, -0.2) is 10.9 Å². The molecule has 1 atom stereocenters. The van der Waals surface area contributed by atoms with E-state index in [-0.39, 0.29) is 30.0 Å². The molecule has 1 amide bonds. The van der Waals surface area contributed by atoms with Gasteiger partial charge >= 0.3 is 0 Å². The number of carbonyl (C=O) groups is 1. The maximum Gasteiger partial charge on any atom is 0.220 e. The number of hydrogen-bond acceptors (Lipinski definition) is 2. The van der Waals surface area contributed by atoms with Crippen LogP contribution >= 0.6 is 0 Å². The summed E-state index contributed by atoms with van der Waals surface area (Å²) in [4.78, 5) is 15.7. The molecule has 2 aromatic carbocycles. The quantitative estimate of drug-likeness (QED) is 0.453. The number of fused-ring (bicyclic) bond motifs is 1. The number of benzene rings is 2. The minimum atomic E-state index is -0.348. The largest absolute Gasteiger partial charge is 0.467 e. The lowest BCUT2D eigenvalue weighted by molar-refractivity contribution is -0.121. The molecule has 4 aromatic rings. The Kier molecular flexibility index (Phi) is 5.16. The first-order chi connectivity index (χ1) is 14.0. The average molecular weight is 394 g/mol. The second-order valence-electron chi connectivity index (χ2n) is 6.98. The van der Waals surface area contributed by atoms with Crippen LogP contribution < -0.4 is 5.32 Å². The smallest absolute Gasteiger partial charge is 0.220 e. The number of hydrogen-bond donors (Lipinski definition) is 2. The number of furan rings is 1. The number of aryl methyl sites for hydroxylation is 1. The molecule has 0 aliphatic heterocycles. The third kappa shape index (κ3) is 4.06. The van der Waals surface area contributed by atoms with E-state index in [1.165, 1.54) is 24.3 Å². The van der Waals surface area contributed by atoms with Crippen LogP contribution in [0.2, 0.25) is 0 Å². The van der Waals surface area contributed by atoms with Crippen molar-refractivity contribution < 1.29 is 18.0 Å². The van der Waals surface area contributed by atoms with Gasteiger partial charge in [-0.15, -0.1) is 0 Å². The molecule has 2 heterocycles. The van der Waals surface area contributed by atoms with Crippen LogP contribution in [-0.2, 0) is 11.2 Å². The van der Waals surface area contributed by atoms with Gasteiger partial charge in [-0.2, -0.15) is 0 Å². The number of H-pyrrole nitrogens is 1. The molecule has 2 aromatic heterocycles. The Labute approximate surface area is 166 Å². The maximum absolute atomic E-state index is 13.9. The molecule has 0 saturated carbocycles. The molecule has 0 bridgehead atoms. The van der Waals surface area contributed by atoms with Crippen molar-refractivity contribution >= 4 is 16.8 Å². The van der Waals surface area contributed by atoms with E-state index >= 15 is 0 Å². The van der Waals surface area contributed by atoms with Crippen LogP contribution in [0.15, 0.2) is 65.3 Å². The van der Waals surface area contributed by atoms with Gasteiger partial charge in [-0.3, -0.25) is 4.79 Å². The standard InChI is InChI=1S/C23H20F2N2O2/c1-14(21-3-2-12-29-21)26-22(28)11-9-18-19-13-17(25)8-10-20(19)27-23(18)15-4-6-16(24)7-5-15/h2-8,10,12-14,27H,9,11H2,1H3,(H,26,28)/t14-/m0/s1. The van der Waals surface area contributed by atoms with Crippen molar-refractivity contribution in [3.63, 3.8) is 0 Å². The van der Waals surface area contributed by atoms with Gasteiger partial charge in [0.15, 0.2) is 0 Å². The van der Waals surface area contributed by atoms with E-state index in [4.69, 9.17) is 4.42 Å². The number of halogens is 2. The molecule has 4 rings (SSSR count). The Hall–Kier alpha value is -3.41. The predicted octanol–water partition coefficient (Wildman–Crippen LogP) is 5.52. The summed E-state index contributed by atoms with van der Waals surface area (Å²) < 4.78 is 32.5. The zero-order valence-corrected chi connectivity index (χ0v) is 15.8. The summed E-state index contributed by atoms with van der Waals surface area (Å²) in [7, 11) is 0. The lowest BCUT2D eigenvalue weighted by Crippen LogP contribution is -2.26. The third-order valence-corrected chi connectivity index (χ3v) is 4.95. The van der Waals surface area contributed by atoms with E-state index in [1.54, 1.807) is 36.6 Å². The molecule has 0 spiro atoms. The fraction of sp³-hybridized carbons (Fsp3) is 0.174. The van der Waals surface area contributed by atoms with Crippen LogP contribution in [0.3, 0.4) is 0 Å². The monoisotopic (exact) mass is 394 g/mol. The SMILES string of the molecule is C[C@H](NC(=O)CCc1c(-c2ccc(F)cc2)[nH]c2ccc(F)cc12)c1ccco1. The summed E-state index contributed by atoms with van der Waals surface area (Å²) in [5.41, 5.74) is 3.14. The van der Waals surface area contributed by atoms with E-state index in [2.05, 4.69) is 10.3 Å². The highest BCUT2D eigenvalue weighted by Gasteiger charge is 2.17. The van der Waals surface area contributed by atoms with Crippen molar-refractivity contribution in [2.45, 2.75) is 25.8 Å². The van der Waals surface area contributed by atoms with Gasteiger partial charge in [0.2, 0.25) is 5.91 Å². The van der Waals surface area contributed by atoms with Crippen molar-refractivity contribution in [1.29, 1.82) is 0 Å². The van der Waals surface area contributed by atoms with Crippen LogP contribution in [0.25, 0.3) is 22.2 Å². The lowest BCUT2D eigenvalue weighted by Gasteiger charge is -2.12. The third-order valence-electron chi connectivity index (χ3n) is 4.95. The van der Waals surface area contributed by atoms with Gasteiger partial charge in [-0.05, 0) is 79.1 Å². The van der Waals surface area contributed by atoms with Gasteiger partial charge in [-0.25, -0.2) is 8.78 Å². The molecule has 148 valence electrons. The second-order valence-corrected chi connectivity index (χ2v) is 6.98. The van der Waals surface area contributed by atoms with Crippen molar-refractivity contribution in [3.05, 3.63) is 83.8 Å². The molecule has 6 heteroatoms. The summed E-state index contributed by atoms with van der Waals surface area (Å²) in [5.74, 6) is -0.132. The van der Waals surface area contributed by atoms with Crippen LogP contribution in [0.4, 0.5) is 8.78 Å². The number of carbonyl (C=O) groups excluding carboxylic acids is 1. The van der Waals surface area contributed by atoms with E-state index in [1.807, 2.05) is 6.92 Å². The summed E-state index contributed by atoms with van der Waals surface area (Å²) in [6.45, 7) is 1.85. The summed E-state index contributed by atoms with van der Waals surface area (Å²) in [5, 5.41) is 3.62. The Bertz CT molecular complexity index is 1130. The highest BCUT2D eigenvalue weighted by Crippen LogP contribution is 2.32. The maximum atomic E-state index is 13.9. The first-order valence-corrected chi connectivity index (χ1v) is 9.40. The minimum Gasteiger partial charge on any atom is -0.467 e. The zero-order valence-electron chi connectivity index (χ0n) is 15.8. The first kappa shape index (κ1) is 18.9. The molecule has 29 heavy (non-hydrogen) atoms. The Balaban J connectivity index is 1.59. The number of amides is 1. The molecule has 0 fully saturated rings. The highest BCUT2D eigenvalue weighted by molar-refractivity contribution is 5.91. The Morgan fingerprint density at radius 3 is 2.59 bits per heavy atom. The lowest BCUT2D eigenvalue weighted by atomic mass is 10.0. The predicted molar refractivity (Wildman–Crippen MR) is 107 cm³/mol. The summed E-state index contributed by atoms with van der Waals surface area (Å²) in [6.07, 6.45) is 2.20. The van der Waals surface area contributed by atoms with E-state index in [9.17, 15) is 13.6 Å². The Morgan fingerprint density at radius 1 is 1.10 bits per heavy atom. The van der Waals surface area contributed by atoms with E-state index < -0.39 is 0 Å². The fourth-order valence-electron chi connectivity index (χ4n) is 3.50.